The maximum Gasteiger partial charge on any atom is 0.232 e. The lowest BCUT2D eigenvalue weighted by molar-refractivity contribution is 0.307. The van der Waals surface area contributed by atoms with Crippen LogP contribution in [0.3, 0.4) is 0 Å². The molecule has 4 nitrogen and oxygen atoms in total. The summed E-state index contributed by atoms with van der Waals surface area (Å²) >= 11 is 0. The molecule has 0 radical (unpaired) electrons. The van der Waals surface area contributed by atoms with Gasteiger partial charge >= 0.3 is 0 Å². The van der Waals surface area contributed by atoms with Gasteiger partial charge in [-0.05, 0) is 19.1 Å². The van der Waals surface area contributed by atoms with E-state index in [1.54, 1.807) is 12.1 Å². The number of anilines is 1. The number of hydrogen-bond donors (Lipinski definition) is 1. The summed E-state index contributed by atoms with van der Waals surface area (Å²) in [5, 5.41) is 8.81. The smallest absolute Gasteiger partial charge is 0.232 e. The minimum absolute atomic E-state index is 0.0852. The summed E-state index contributed by atoms with van der Waals surface area (Å²) in [6, 6.07) is 7.13. The van der Waals surface area contributed by atoms with Crippen LogP contribution in [-0.4, -0.2) is 32.9 Å². The van der Waals surface area contributed by atoms with Crippen molar-refractivity contribution in [3.8, 4) is 0 Å². The van der Waals surface area contributed by atoms with E-state index in [9.17, 15) is 8.42 Å². The summed E-state index contributed by atoms with van der Waals surface area (Å²) in [5.41, 5.74) is 1.65. The van der Waals surface area contributed by atoms with Gasteiger partial charge in [0.25, 0.3) is 0 Å². The molecule has 1 aromatic carbocycles. The van der Waals surface area contributed by atoms with E-state index in [-0.39, 0.29) is 13.2 Å². The van der Waals surface area contributed by atoms with Gasteiger partial charge in [-0.15, -0.1) is 0 Å². The Bertz CT molecular complexity index is 411. The van der Waals surface area contributed by atoms with E-state index in [4.69, 9.17) is 5.11 Å². The molecule has 15 heavy (non-hydrogen) atoms. The summed E-state index contributed by atoms with van der Waals surface area (Å²) in [6.07, 6.45) is 1.13. The zero-order valence-electron chi connectivity index (χ0n) is 8.84. The molecule has 0 amide bonds. The van der Waals surface area contributed by atoms with E-state index in [0.29, 0.717) is 5.69 Å². The normalized spacial score (nSPS) is 11.4. The Morgan fingerprint density at radius 1 is 1.27 bits per heavy atom. The maximum atomic E-state index is 11.4. The van der Waals surface area contributed by atoms with Crippen molar-refractivity contribution in [3.63, 3.8) is 0 Å². The van der Waals surface area contributed by atoms with E-state index in [0.717, 1.165) is 11.8 Å². The molecule has 0 bridgehead atoms. The second-order valence-corrected chi connectivity index (χ2v) is 5.30. The predicted octanol–water partition coefficient (Wildman–Crippen LogP) is 0.753. The molecule has 1 rings (SSSR count). The molecular formula is C10H15NO3S. The highest BCUT2D eigenvalue weighted by Gasteiger charge is 2.15. The van der Waals surface area contributed by atoms with Crippen molar-refractivity contribution in [1.82, 2.24) is 0 Å². The highest BCUT2D eigenvalue weighted by molar-refractivity contribution is 7.92. The standard InChI is InChI=1S/C10H15NO3S/c1-9-3-5-10(6-4-9)11(7-8-12)15(2,13)14/h3-6,12H,7-8H2,1-2H3. The van der Waals surface area contributed by atoms with Gasteiger partial charge in [-0.2, -0.15) is 0 Å². The molecule has 1 aromatic rings. The Morgan fingerprint density at radius 3 is 2.20 bits per heavy atom. The number of aryl methyl sites for hydroxylation is 1. The van der Waals surface area contributed by atoms with Crippen LogP contribution >= 0.6 is 0 Å². The lowest BCUT2D eigenvalue weighted by Gasteiger charge is -2.21. The molecule has 0 aliphatic carbocycles. The number of sulfonamides is 1. The molecule has 84 valence electrons. The fourth-order valence-electron chi connectivity index (χ4n) is 1.29. The summed E-state index contributed by atoms with van der Waals surface area (Å²) in [4.78, 5) is 0. The molecule has 0 unspecified atom stereocenters. The van der Waals surface area contributed by atoms with Crippen molar-refractivity contribution in [1.29, 1.82) is 0 Å². The average molecular weight is 229 g/mol. The van der Waals surface area contributed by atoms with Gasteiger partial charge in [-0.25, -0.2) is 8.42 Å². The van der Waals surface area contributed by atoms with Crippen LogP contribution in [0.5, 0.6) is 0 Å². The van der Waals surface area contributed by atoms with Crippen LogP contribution in [0.4, 0.5) is 5.69 Å². The molecule has 0 aromatic heterocycles. The maximum absolute atomic E-state index is 11.4. The van der Waals surface area contributed by atoms with Crippen molar-refractivity contribution in [2.24, 2.45) is 0 Å². The number of aliphatic hydroxyl groups is 1. The number of aliphatic hydroxyl groups excluding tert-OH is 1. The zero-order chi connectivity index (χ0) is 11.5. The van der Waals surface area contributed by atoms with Gasteiger partial charge in [0.1, 0.15) is 0 Å². The molecule has 0 saturated carbocycles. The largest absolute Gasteiger partial charge is 0.394 e. The van der Waals surface area contributed by atoms with E-state index >= 15 is 0 Å². The second-order valence-electron chi connectivity index (χ2n) is 3.39. The summed E-state index contributed by atoms with van der Waals surface area (Å²) in [5.74, 6) is 0. The Labute approximate surface area is 90.2 Å². The number of hydrogen-bond acceptors (Lipinski definition) is 3. The lowest BCUT2D eigenvalue weighted by Crippen LogP contribution is -2.32. The van der Waals surface area contributed by atoms with Crippen molar-refractivity contribution >= 4 is 15.7 Å². The fourth-order valence-corrected chi connectivity index (χ4v) is 2.21. The van der Waals surface area contributed by atoms with Gasteiger partial charge in [0.05, 0.1) is 25.1 Å². The van der Waals surface area contributed by atoms with E-state index in [2.05, 4.69) is 0 Å². The van der Waals surface area contributed by atoms with Crippen LogP contribution in [0.2, 0.25) is 0 Å². The number of benzene rings is 1. The van der Waals surface area contributed by atoms with Gasteiger partial charge in [-0.3, -0.25) is 4.31 Å². The molecule has 1 N–H and O–H groups in total. The molecule has 0 aliphatic rings. The van der Waals surface area contributed by atoms with Crippen molar-refractivity contribution < 1.29 is 13.5 Å². The second kappa shape index (κ2) is 4.63. The minimum Gasteiger partial charge on any atom is -0.394 e. The Morgan fingerprint density at radius 2 is 1.80 bits per heavy atom. The van der Waals surface area contributed by atoms with Gasteiger partial charge < -0.3 is 5.11 Å². The summed E-state index contributed by atoms with van der Waals surface area (Å²) in [6.45, 7) is 1.82. The van der Waals surface area contributed by atoms with Crippen molar-refractivity contribution in [3.05, 3.63) is 29.8 Å². The summed E-state index contributed by atoms with van der Waals surface area (Å²) in [7, 11) is -3.32. The van der Waals surface area contributed by atoms with Crippen LogP contribution in [0, 0.1) is 6.92 Å². The van der Waals surface area contributed by atoms with E-state index < -0.39 is 10.0 Å². The first-order valence-electron chi connectivity index (χ1n) is 4.60. The van der Waals surface area contributed by atoms with Crippen LogP contribution in [0.15, 0.2) is 24.3 Å². The highest BCUT2D eigenvalue weighted by Crippen LogP contribution is 2.17. The Kier molecular flexibility index (Phi) is 3.71. The van der Waals surface area contributed by atoms with Gasteiger partial charge in [-0.1, -0.05) is 17.7 Å². The SMILES string of the molecule is Cc1ccc(N(CCO)S(C)(=O)=O)cc1. The monoisotopic (exact) mass is 229 g/mol. The molecule has 0 heterocycles. The molecule has 0 atom stereocenters. The van der Waals surface area contributed by atoms with Gasteiger partial charge in [0.15, 0.2) is 0 Å². The molecule has 0 spiro atoms. The quantitative estimate of drug-likeness (QED) is 0.829. The number of nitrogens with zero attached hydrogens (tertiary/aromatic N) is 1. The zero-order valence-corrected chi connectivity index (χ0v) is 9.66. The molecular weight excluding hydrogens is 214 g/mol. The highest BCUT2D eigenvalue weighted by atomic mass is 32.2. The predicted molar refractivity (Wildman–Crippen MR) is 60.5 cm³/mol. The third-order valence-electron chi connectivity index (χ3n) is 2.03. The van der Waals surface area contributed by atoms with Crippen LogP contribution in [0.1, 0.15) is 5.56 Å². The third-order valence-corrected chi connectivity index (χ3v) is 3.22. The minimum atomic E-state index is -3.32. The molecule has 0 saturated heterocycles. The first kappa shape index (κ1) is 12.0. The third kappa shape index (κ3) is 3.21. The van der Waals surface area contributed by atoms with Crippen LogP contribution in [-0.2, 0) is 10.0 Å². The Balaban J connectivity index is 3.05. The van der Waals surface area contributed by atoms with Crippen molar-refractivity contribution in [2.75, 3.05) is 23.7 Å². The van der Waals surface area contributed by atoms with E-state index in [1.807, 2.05) is 19.1 Å². The lowest BCUT2D eigenvalue weighted by atomic mass is 10.2. The first-order valence-corrected chi connectivity index (χ1v) is 6.45. The topological polar surface area (TPSA) is 57.6 Å². The summed E-state index contributed by atoms with van der Waals surface area (Å²) < 4.78 is 24.0. The van der Waals surface area contributed by atoms with E-state index in [1.165, 1.54) is 4.31 Å². The van der Waals surface area contributed by atoms with Crippen LogP contribution < -0.4 is 4.31 Å². The van der Waals surface area contributed by atoms with Crippen LogP contribution in [0.25, 0.3) is 0 Å². The molecule has 0 aliphatic heterocycles. The molecule has 5 heteroatoms. The first-order chi connectivity index (χ1) is 6.95. The number of rotatable bonds is 4. The van der Waals surface area contributed by atoms with Gasteiger partial charge in [0, 0.05) is 0 Å². The fraction of sp³-hybridized carbons (Fsp3) is 0.400. The Hall–Kier alpha value is -1.07. The average Bonchev–Trinajstić information content (AvgIpc) is 2.14. The molecule has 0 fully saturated rings. The van der Waals surface area contributed by atoms with Gasteiger partial charge in [0.2, 0.25) is 10.0 Å². The van der Waals surface area contributed by atoms with Crippen molar-refractivity contribution in [2.45, 2.75) is 6.92 Å².